The molecule has 0 atom stereocenters. The summed E-state index contributed by atoms with van der Waals surface area (Å²) in [7, 11) is 0. The van der Waals surface area contributed by atoms with Crippen LogP contribution < -0.4 is 0 Å². The van der Waals surface area contributed by atoms with Crippen molar-refractivity contribution in [3.8, 4) is 11.3 Å². The number of fused-ring (bicyclic) bond motifs is 1. The lowest BCUT2D eigenvalue weighted by Gasteiger charge is -2.04. The minimum absolute atomic E-state index is 0.164. The summed E-state index contributed by atoms with van der Waals surface area (Å²) >= 11 is 1.08. The molecule has 1 aromatic carbocycles. The molecule has 0 saturated heterocycles. The van der Waals surface area contributed by atoms with Crippen molar-refractivity contribution in [3.05, 3.63) is 46.9 Å². The van der Waals surface area contributed by atoms with E-state index in [1.165, 1.54) is 12.1 Å². The van der Waals surface area contributed by atoms with Crippen molar-refractivity contribution >= 4 is 22.3 Å². The number of hydrogen-bond acceptors (Lipinski definition) is 3. The summed E-state index contributed by atoms with van der Waals surface area (Å²) in [6.07, 6.45) is 1.67. The van der Waals surface area contributed by atoms with Crippen LogP contribution in [0.15, 0.2) is 30.5 Å². The molecule has 0 aliphatic carbocycles. The molecule has 1 N–H and O–H groups in total. The number of aromatic nitrogens is 2. The Morgan fingerprint density at radius 1 is 1.47 bits per heavy atom. The van der Waals surface area contributed by atoms with E-state index in [1.807, 2.05) is 6.92 Å². The predicted octanol–water partition coefficient (Wildman–Crippen LogP) is 3.21. The summed E-state index contributed by atoms with van der Waals surface area (Å²) in [5.74, 6) is -1.43. The number of benzene rings is 1. The Morgan fingerprint density at radius 3 is 2.95 bits per heavy atom. The Bertz CT molecular complexity index is 791. The number of carboxylic acids is 1. The lowest BCUT2D eigenvalue weighted by molar-refractivity contribution is 0.0702. The van der Waals surface area contributed by atoms with Gasteiger partial charge in [0.1, 0.15) is 10.7 Å². The first-order valence-electron chi connectivity index (χ1n) is 5.54. The third kappa shape index (κ3) is 1.80. The molecule has 0 spiro atoms. The van der Waals surface area contributed by atoms with E-state index in [-0.39, 0.29) is 4.88 Å². The third-order valence-corrected chi connectivity index (χ3v) is 3.87. The molecule has 2 heterocycles. The van der Waals surface area contributed by atoms with Crippen molar-refractivity contribution < 1.29 is 14.3 Å². The maximum Gasteiger partial charge on any atom is 0.348 e. The monoisotopic (exact) mass is 276 g/mol. The number of hydrogen-bond donors (Lipinski definition) is 1. The van der Waals surface area contributed by atoms with E-state index in [4.69, 9.17) is 0 Å². The van der Waals surface area contributed by atoms with Gasteiger partial charge in [-0.15, -0.1) is 0 Å². The minimum Gasteiger partial charge on any atom is -0.477 e. The van der Waals surface area contributed by atoms with Crippen molar-refractivity contribution in [1.29, 1.82) is 0 Å². The molecule has 0 aliphatic rings. The van der Waals surface area contributed by atoms with Gasteiger partial charge in [-0.3, -0.25) is 4.40 Å². The molecule has 3 aromatic rings. The Morgan fingerprint density at radius 2 is 2.26 bits per heavy atom. The summed E-state index contributed by atoms with van der Waals surface area (Å²) in [6.45, 7) is 1.83. The summed E-state index contributed by atoms with van der Waals surface area (Å²) in [4.78, 5) is 16.2. The highest BCUT2D eigenvalue weighted by Gasteiger charge is 2.21. The number of nitrogens with zero attached hydrogens (tertiary/aromatic N) is 2. The normalized spacial score (nSPS) is 11.1. The van der Waals surface area contributed by atoms with Crippen LogP contribution in [0.2, 0.25) is 0 Å². The van der Waals surface area contributed by atoms with Gasteiger partial charge in [0, 0.05) is 17.5 Å². The molecule has 0 saturated carbocycles. The largest absolute Gasteiger partial charge is 0.477 e. The molecule has 0 unspecified atom stereocenters. The average Bonchev–Trinajstić information content (AvgIpc) is 2.90. The number of aromatic carboxylic acids is 1. The van der Waals surface area contributed by atoms with Gasteiger partial charge in [0.25, 0.3) is 0 Å². The van der Waals surface area contributed by atoms with Gasteiger partial charge in [0.05, 0.1) is 5.69 Å². The predicted molar refractivity (Wildman–Crippen MR) is 70.2 cm³/mol. The summed E-state index contributed by atoms with van der Waals surface area (Å²) in [6, 6.07) is 5.91. The molecule has 96 valence electrons. The molecular weight excluding hydrogens is 267 g/mol. The minimum atomic E-state index is -1.03. The maximum absolute atomic E-state index is 13.3. The van der Waals surface area contributed by atoms with Gasteiger partial charge in [0.15, 0.2) is 4.96 Å². The highest BCUT2D eigenvalue weighted by Crippen LogP contribution is 2.32. The van der Waals surface area contributed by atoms with Crippen molar-refractivity contribution in [2.75, 3.05) is 0 Å². The first kappa shape index (κ1) is 11.9. The average molecular weight is 276 g/mol. The van der Waals surface area contributed by atoms with Crippen LogP contribution in [-0.4, -0.2) is 20.5 Å². The molecule has 3 rings (SSSR count). The fourth-order valence-corrected chi connectivity index (χ4v) is 3.05. The molecule has 19 heavy (non-hydrogen) atoms. The lowest BCUT2D eigenvalue weighted by Crippen LogP contribution is -1.98. The van der Waals surface area contributed by atoms with Crippen LogP contribution in [0, 0.1) is 12.7 Å². The van der Waals surface area contributed by atoms with E-state index < -0.39 is 11.8 Å². The summed E-state index contributed by atoms with van der Waals surface area (Å²) in [5, 5.41) is 9.28. The van der Waals surface area contributed by atoms with Gasteiger partial charge >= 0.3 is 5.97 Å². The van der Waals surface area contributed by atoms with Gasteiger partial charge in [-0.05, 0) is 19.1 Å². The molecule has 0 radical (unpaired) electrons. The summed E-state index contributed by atoms with van der Waals surface area (Å²) in [5.41, 5.74) is 1.82. The SMILES string of the molecule is Cc1cnc2sc(C(=O)O)c(-c3cccc(F)c3)n12. The van der Waals surface area contributed by atoms with Crippen LogP contribution in [0.1, 0.15) is 15.4 Å². The first-order chi connectivity index (χ1) is 9.08. The standard InChI is InChI=1S/C13H9FN2O2S/c1-7-6-15-13-16(7)10(11(19-13)12(17)18)8-3-2-4-9(14)5-8/h2-6H,1H3,(H,17,18). The number of thiazole rings is 1. The van der Waals surface area contributed by atoms with Crippen molar-refractivity contribution in [3.63, 3.8) is 0 Å². The van der Waals surface area contributed by atoms with Crippen LogP contribution in [0.4, 0.5) is 4.39 Å². The molecule has 0 fully saturated rings. The molecule has 0 amide bonds. The molecule has 0 aliphatic heterocycles. The van der Waals surface area contributed by atoms with E-state index in [0.29, 0.717) is 16.2 Å². The van der Waals surface area contributed by atoms with E-state index in [0.717, 1.165) is 17.0 Å². The topological polar surface area (TPSA) is 54.6 Å². The van der Waals surface area contributed by atoms with E-state index in [9.17, 15) is 14.3 Å². The number of aryl methyl sites for hydroxylation is 1. The number of rotatable bonds is 2. The van der Waals surface area contributed by atoms with Crippen LogP contribution in [0.3, 0.4) is 0 Å². The van der Waals surface area contributed by atoms with Gasteiger partial charge < -0.3 is 5.11 Å². The van der Waals surface area contributed by atoms with E-state index in [1.54, 1.807) is 22.7 Å². The second kappa shape index (κ2) is 4.17. The molecular formula is C13H9FN2O2S. The zero-order chi connectivity index (χ0) is 13.6. The Kier molecular flexibility index (Phi) is 2.60. The fraction of sp³-hybridized carbons (Fsp3) is 0.0769. The number of halogens is 1. The smallest absolute Gasteiger partial charge is 0.348 e. The van der Waals surface area contributed by atoms with Gasteiger partial charge in [-0.1, -0.05) is 23.5 Å². The zero-order valence-corrected chi connectivity index (χ0v) is 10.7. The van der Waals surface area contributed by atoms with Crippen LogP contribution in [0.5, 0.6) is 0 Å². The third-order valence-electron chi connectivity index (χ3n) is 2.83. The van der Waals surface area contributed by atoms with Gasteiger partial charge in [-0.25, -0.2) is 14.2 Å². The highest BCUT2D eigenvalue weighted by molar-refractivity contribution is 7.19. The Hall–Kier alpha value is -2.21. The van der Waals surface area contributed by atoms with E-state index >= 15 is 0 Å². The van der Waals surface area contributed by atoms with Crippen molar-refractivity contribution in [2.24, 2.45) is 0 Å². The second-order valence-corrected chi connectivity index (χ2v) is 5.09. The quantitative estimate of drug-likeness (QED) is 0.782. The molecule has 4 nitrogen and oxygen atoms in total. The molecule has 2 aromatic heterocycles. The van der Waals surface area contributed by atoms with Crippen molar-refractivity contribution in [1.82, 2.24) is 9.38 Å². The first-order valence-corrected chi connectivity index (χ1v) is 6.35. The van der Waals surface area contributed by atoms with Crippen molar-refractivity contribution in [2.45, 2.75) is 6.92 Å². The van der Waals surface area contributed by atoms with Crippen LogP contribution in [-0.2, 0) is 0 Å². The summed E-state index contributed by atoms with van der Waals surface area (Å²) < 4.78 is 15.1. The van der Waals surface area contributed by atoms with Gasteiger partial charge in [0.2, 0.25) is 0 Å². The Labute approximate surface area is 111 Å². The lowest BCUT2D eigenvalue weighted by atomic mass is 10.1. The number of imidazole rings is 1. The van der Waals surface area contributed by atoms with Crippen LogP contribution in [0.25, 0.3) is 16.2 Å². The molecule has 6 heteroatoms. The number of carbonyl (C=O) groups is 1. The zero-order valence-electron chi connectivity index (χ0n) is 9.92. The highest BCUT2D eigenvalue weighted by atomic mass is 32.1. The number of carboxylic acid groups (broad SMARTS) is 1. The molecule has 0 bridgehead atoms. The maximum atomic E-state index is 13.3. The Balaban J connectivity index is 2.39. The fourth-order valence-electron chi connectivity index (χ4n) is 2.04. The van der Waals surface area contributed by atoms with E-state index in [2.05, 4.69) is 4.98 Å². The van der Waals surface area contributed by atoms with Gasteiger partial charge in [-0.2, -0.15) is 0 Å². The second-order valence-electron chi connectivity index (χ2n) is 4.11. The van der Waals surface area contributed by atoms with Crippen LogP contribution >= 0.6 is 11.3 Å².